The molecule has 0 bridgehead atoms. The summed E-state index contributed by atoms with van der Waals surface area (Å²) in [5, 5.41) is 14.6. The standard InChI is InChI=1S/C14H21N5O5SSi/c1-26(2,3)9-8-24-11-18-14(15-10-16-18)17-25(22,23)13-6-4-12(5-7-13)19(20)21/h4-7,10H,8-9,11H2,1-3H3,(H,15,16,17). The van der Waals surface area contributed by atoms with Crippen LogP contribution in [0.1, 0.15) is 0 Å². The van der Waals surface area contributed by atoms with Gasteiger partial charge in [-0.3, -0.25) is 10.1 Å². The number of non-ortho nitro benzene ring substituents is 1. The lowest BCUT2D eigenvalue weighted by atomic mass is 10.3. The number of nitrogens with zero attached hydrogens (tertiary/aromatic N) is 4. The summed E-state index contributed by atoms with van der Waals surface area (Å²) in [6.07, 6.45) is 1.22. The number of hydrogen-bond acceptors (Lipinski definition) is 7. The first-order valence-electron chi connectivity index (χ1n) is 7.81. The van der Waals surface area contributed by atoms with E-state index in [-0.39, 0.29) is 23.3 Å². The number of nitrogens with one attached hydrogen (secondary N) is 1. The number of ether oxygens (including phenoxy) is 1. The van der Waals surface area contributed by atoms with Crippen LogP contribution >= 0.6 is 0 Å². The fraction of sp³-hybridized carbons (Fsp3) is 0.429. The van der Waals surface area contributed by atoms with Crippen LogP contribution in [0.5, 0.6) is 0 Å². The summed E-state index contributed by atoms with van der Waals surface area (Å²) < 4.78 is 33.9. The van der Waals surface area contributed by atoms with E-state index in [4.69, 9.17) is 4.74 Å². The lowest BCUT2D eigenvalue weighted by Crippen LogP contribution is -2.22. The molecule has 0 radical (unpaired) electrons. The summed E-state index contributed by atoms with van der Waals surface area (Å²) in [7, 11) is -5.16. The highest BCUT2D eigenvalue weighted by molar-refractivity contribution is 7.92. The molecule has 0 fully saturated rings. The highest BCUT2D eigenvalue weighted by Gasteiger charge is 2.19. The molecule has 0 amide bonds. The minimum Gasteiger partial charge on any atom is -0.359 e. The van der Waals surface area contributed by atoms with Crippen molar-refractivity contribution in [2.24, 2.45) is 0 Å². The van der Waals surface area contributed by atoms with Crippen molar-refractivity contribution in [2.45, 2.75) is 37.3 Å². The van der Waals surface area contributed by atoms with Crippen molar-refractivity contribution in [3.63, 3.8) is 0 Å². The third kappa shape index (κ3) is 5.61. The first kappa shape index (κ1) is 20.0. The van der Waals surface area contributed by atoms with Gasteiger partial charge in [0, 0.05) is 26.8 Å². The third-order valence-corrected chi connectivity index (χ3v) is 6.46. The molecule has 0 aliphatic rings. The maximum atomic E-state index is 12.4. The lowest BCUT2D eigenvalue weighted by Gasteiger charge is -2.15. The largest absolute Gasteiger partial charge is 0.359 e. The first-order valence-corrected chi connectivity index (χ1v) is 13.0. The number of nitro benzene ring substituents is 1. The molecule has 10 nitrogen and oxygen atoms in total. The molecule has 1 aromatic heterocycles. The highest BCUT2D eigenvalue weighted by atomic mass is 32.2. The quantitative estimate of drug-likeness (QED) is 0.296. The van der Waals surface area contributed by atoms with Crippen LogP contribution in [0.25, 0.3) is 0 Å². The van der Waals surface area contributed by atoms with Gasteiger partial charge in [-0.1, -0.05) is 19.6 Å². The Morgan fingerprint density at radius 3 is 2.50 bits per heavy atom. The monoisotopic (exact) mass is 399 g/mol. The van der Waals surface area contributed by atoms with Crippen molar-refractivity contribution in [1.82, 2.24) is 14.8 Å². The molecule has 26 heavy (non-hydrogen) atoms. The molecular weight excluding hydrogens is 378 g/mol. The number of benzene rings is 1. The Bertz CT molecular complexity index is 861. The van der Waals surface area contributed by atoms with Crippen molar-refractivity contribution in [2.75, 3.05) is 11.3 Å². The van der Waals surface area contributed by atoms with Crippen molar-refractivity contribution < 1.29 is 18.1 Å². The van der Waals surface area contributed by atoms with Gasteiger partial charge < -0.3 is 4.74 Å². The minimum absolute atomic E-state index is 0.0105. The normalized spacial score (nSPS) is 12.1. The van der Waals surface area contributed by atoms with Gasteiger partial charge in [0.25, 0.3) is 15.7 Å². The van der Waals surface area contributed by atoms with Gasteiger partial charge in [0.05, 0.1) is 9.82 Å². The molecule has 142 valence electrons. The SMILES string of the molecule is C[Si](C)(C)CCOCn1ncnc1NS(=O)(=O)c1ccc([N+](=O)[O-])cc1. The molecule has 0 aliphatic carbocycles. The molecule has 0 spiro atoms. The second kappa shape index (κ2) is 7.93. The maximum absolute atomic E-state index is 12.4. The average Bonchev–Trinajstić information content (AvgIpc) is 2.97. The first-order chi connectivity index (χ1) is 12.1. The Morgan fingerprint density at radius 2 is 1.92 bits per heavy atom. The number of nitro groups is 1. The predicted molar refractivity (Wildman–Crippen MR) is 98.0 cm³/mol. The highest BCUT2D eigenvalue weighted by Crippen LogP contribution is 2.18. The van der Waals surface area contributed by atoms with E-state index in [1.165, 1.54) is 11.0 Å². The molecule has 0 unspecified atom stereocenters. The molecule has 1 heterocycles. The summed E-state index contributed by atoms with van der Waals surface area (Å²) in [6, 6.07) is 5.54. The van der Waals surface area contributed by atoms with E-state index in [1.54, 1.807) is 0 Å². The zero-order valence-corrected chi connectivity index (χ0v) is 16.6. The molecule has 0 aliphatic heterocycles. The average molecular weight is 400 g/mol. The fourth-order valence-electron chi connectivity index (χ4n) is 1.89. The van der Waals surface area contributed by atoms with E-state index < -0.39 is 23.0 Å². The van der Waals surface area contributed by atoms with Gasteiger partial charge in [-0.2, -0.15) is 10.1 Å². The van der Waals surface area contributed by atoms with Crippen LogP contribution in [0.15, 0.2) is 35.5 Å². The van der Waals surface area contributed by atoms with E-state index in [9.17, 15) is 18.5 Å². The predicted octanol–water partition coefficient (Wildman–Crippen LogP) is 2.30. The van der Waals surface area contributed by atoms with Gasteiger partial charge in [0.1, 0.15) is 13.1 Å². The fourth-order valence-corrected chi connectivity index (χ4v) is 3.66. The summed E-state index contributed by atoms with van der Waals surface area (Å²) in [5.74, 6) is 0.0105. The van der Waals surface area contributed by atoms with Gasteiger partial charge in [0.2, 0.25) is 5.95 Å². The van der Waals surface area contributed by atoms with E-state index in [1.807, 2.05) is 0 Å². The number of sulfonamides is 1. The lowest BCUT2D eigenvalue weighted by molar-refractivity contribution is -0.384. The van der Waals surface area contributed by atoms with E-state index in [2.05, 4.69) is 34.4 Å². The second-order valence-electron chi connectivity index (χ2n) is 6.79. The number of rotatable bonds is 9. The molecule has 0 saturated heterocycles. The number of aromatic nitrogens is 3. The van der Waals surface area contributed by atoms with E-state index in [0.29, 0.717) is 6.61 Å². The summed E-state index contributed by atoms with van der Waals surface area (Å²) in [4.78, 5) is 13.8. The van der Waals surface area contributed by atoms with Crippen LogP contribution in [0, 0.1) is 10.1 Å². The second-order valence-corrected chi connectivity index (χ2v) is 14.1. The van der Waals surface area contributed by atoms with Crippen LogP contribution in [0.4, 0.5) is 11.6 Å². The zero-order chi connectivity index (χ0) is 19.4. The minimum atomic E-state index is -3.95. The zero-order valence-electron chi connectivity index (χ0n) is 14.7. The molecule has 0 saturated carbocycles. The molecular formula is C14H21N5O5SSi. The van der Waals surface area contributed by atoms with Crippen molar-refractivity contribution in [1.29, 1.82) is 0 Å². The van der Waals surface area contributed by atoms with Crippen molar-refractivity contribution in [3.8, 4) is 0 Å². The smallest absolute Gasteiger partial charge is 0.269 e. The molecule has 2 rings (SSSR count). The Kier molecular flexibility index (Phi) is 6.10. The van der Waals surface area contributed by atoms with Crippen LogP contribution in [-0.2, 0) is 21.5 Å². The van der Waals surface area contributed by atoms with Crippen LogP contribution in [-0.4, -0.2) is 42.8 Å². The van der Waals surface area contributed by atoms with Gasteiger partial charge in [-0.25, -0.2) is 17.8 Å². The van der Waals surface area contributed by atoms with Crippen molar-refractivity contribution >= 4 is 29.7 Å². The van der Waals surface area contributed by atoms with Gasteiger partial charge in [0.15, 0.2) is 0 Å². The van der Waals surface area contributed by atoms with Gasteiger partial charge in [-0.15, -0.1) is 0 Å². The van der Waals surface area contributed by atoms with Crippen LogP contribution < -0.4 is 4.72 Å². The Morgan fingerprint density at radius 1 is 1.27 bits per heavy atom. The van der Waals surface area contributed by atoms with E-state index in [0.717, 1.165) is 30.3 Å². The number of hydrogen-bond donors (Lipinski definition) is 1. The number of anilines is 1. The van der Waals surface area contributed by atoms with Crippen LogP contribution in [0.3, 0.4) is 0 Å². The molecule has 2 aromatic rings. The summed E-state index contributed by atoms with van der Waals surface area (Å²) in [5.41, 5.74) is -0.192. The summed E-state index contributed by atoms with van der Waals surface area (Å²) >= 11 is 0. The molecule has 0 atom stereocenters. The topological polar surface area (TPSA) is 129 Å². The molecule has 1 N–H and O–H groups in total. The van der Waals surface area contributed by atoms with E-state index >= 15 is 0 Å². The van der Waals surface area contributed by atoms with Crippen LogP contribution in [0.2, 0.25) is 25.7 Å². The Hall–Kier alpha value is -2.31. The Balaban J connectivity index is 2.04. The van der Waals surface area contributed by atoms with Gasteiger partial charge >= 0.3 is 0 Å². The molecule has 1 aromatic carbocycles. The molecule has 12 heteroatoms. The van der Waals surface area contributed by atoms with Gasteiger partial charge in [-0.05, 0) is 18.2 Å². The third-order valence-electron chi connectivity index (χ3n) is 3.41. The maximum Gasteiger partial charge on any atom is 0.269 e. The van der Waals surface area contributed by atoms with Crippen molar-refractivity contribution in [3.05, 3.63) is 40.7 Å². The summed E-state index contributed by atoms with van der Waals surface area (Å²) in [6.45, 7) is 7.33. The Labute approximate surface area is 152 Å².